The van der Waals surface area contributed by atoms with E-state index < -0.39 is 5.92 Å². The first-order valence-electron chi connectivity index (χ1n) is 10.4. The molecule has 6 nitrogen and oxygen atoms in total. The molecule has 1 aliphatic carbocycles. The molecule has 3 unspecified atom stereocenters. The summed E-state index contributed by atoms with van der Waals surface area (Å²) in [5.74, 6) is -0.846. The Morgan fingerprint density at radius 1 is 1.23 bits per heavy atom. The summed E-state index contributed by atoms with van der Waals surface area (Å²) >= 11 is 0. The van der Waals surface area contributed by atoms with E-state index in [0.29, 0.717) is 6.42 Å². The van der Waals surface area contributed by atoms with Crippen LogP contribution in [0.2, 0.25) is 0 Å². The number of carbonyl (C=O) groups is 2. The van der Waals surface area contributed by atoms with Crippen LogP contribution in [0.15, 0.2) is 48.7 Å². The molecule has 0 fully saturated rings. The number of aromatic nitrogens is 2. The van der Waals surface area contributed by atoms with Gasteiger partial charge in [-0.2, -0.15) is 5.10 Å². The van der Waals surface area contributed by atoms with E-state index in [4.69, 9.17) is 4.74 Å². The number of carbonyl (C=O) groups excluding carboxylic acids is 2. The Balaban J connectivity index is 1.50. The molecule has 0 aliphatic heterocycles. The second kappa shape index (κ2) is 8.69. The number of amides is 1. The van der Waals surface area contributed by atoms with E-state index in [9.17, 15) is 9.59 Å². The minimum atomic E-state index is -0.451. The summed E-state index contributed by atoms with van der Waals surface area (Å²) in [6, 6.07) is 14.2. The number of nitrogens with zero attached hydrogens (tertiary/aromatic N) is 1. The van der Waals surface area contributed by atoms with Crippen molar-refractivity contribution >= 4 is 22.6 Å². The molecule has 0 saturated carbocycles. The summed E-state index contributed by atoms with van der Waals surface area (Å²) in [7, 11) is 1.39. The smallest absolute Gasteiger partial charge is 0.310 e. The zero-order valence-electron chi connectivity index (χ0n) is 17.4. The Morgan fingerprint density at radius 3 is 2.87 bits per heavy atom. The van der Waals surface area contributed by atoms with Gasteiger partial charge in [0.1, 0.15) is 0 Å². The largest absolute Gasteiger partial charge is 0.469 e. The first-order valence-corrected chi connectivity index (χ1v) is 10.4. The molecule has 4 rings (SSSR count). The number of hydrogen-bond acceptors (Lipinski definition) is 4. The third-order valence-electron chi connectivity index (χ3n) is 6.19. The minimum Gasteiger partial charge on any atom is -0.469 e. The third kappa shape index (κ3) is 3.95. The number of benzene rings is 2. The molecule has 0 radical (unpaired) electrons. The van der Waals surface area contributed by atoms with Crippen LogP contribution in [-0.4, -0.2) is 35.7 Å². The summed E-state index contributed by atoms with van der Waals surface area (Å²) in [6.07, 6.45) is 4.10. The van der Waals surface area contributed by atoms with Crippen LogP contribution >= 0.6 is 0 Å². The van der Waals surface area contributed by atoms with Crippen molar-refractivity contribution in [1.82, 2.24) is 15.5 Å². The summed E-state index contributed by atoms with van der Waals surface area (Å²) in [6.45, 7) is 2.33. The number of H-pyrrole nitrogens is 1. The Bertz CT molecular complexity index is 1050. The molecule has 0 spiro atoms. The van der Waals surface area contributed by atoms with E-state index in [-0.39, 0.29) is 30.3 Å². The van der Waals surface area contributed by atoms with Crippen LogP contribution in [0.25, 0.3) is 10.8 Å². The van der Waals surface area contributed by atoms with Gasteiger partial charge in [-0.25, -0.2) is 0 Å². The zero-order chi connectivity index (χ0) is 21.1. The summed E-state index contributed by atoms with van der Waals surface area (Å²) in [5, 5.41) is 12.4. The predicted molar refractivity (Wildman–Crippen MR) is 115 cm³/mol. The van der Waals surface area contributed by atoms with Gasteiger partial charge in [0.25, 0.3) is 0 Å². The number of methoxy groups -OCH3 is 1. The molecule has 156 valence electrons. The fourth-order valence-corrected chi connectivity index (χ4v) is 4.51. The molecule has 6 heteroatoms. The molecule has 1 aliphatic rings. The van der Waals surface area contributed by atoms with Crippen LogP contribution in [0.5, 0.6) is 0 Å². The van der Waals surface area contributed by atoms with E-state index in [2.05, 4.69) is 40.6 Å². The third-order valence-corrected chi connectivity index (χ3v) is 6.19. The van der Waals surface area contributed by atoms with Crippen LogP contribution in [0.4, 0.5) is 0 Å². The maximum Gasteiger partial charge on any atom is 0.310 e. The molecule has 3 aromatic rings. The van der Waals surface area contributed by atoms with Crippen LogP contribution in [0.3, 0.4) is 0 Å². The molecule has 1 amide bonds. The predicted octanol–water partition coefficient (Wildman–Crippen LogP) is 3.38. The summed E-state index contributed by atoms with van der Waals surface area (Å²) < 4.78 is 5.03. The number of ether oxygens (including phenoxy) is 1. The maximum atomic E-state index is 13.0. The molecular formula is C24H27N3O3. The number of fused-ring (bicyclic) bond motifs is 2. The lowest BCUT2D eigenvalue weighted by molar-refractivity contribution is -0.145. The Labute approximate surface area is 176 Å². The van der Waals surface area contributed by atoms with E-state index in [0.717, 1.165) is 40.4 Å². The van der Waals surface area contributed by atoms with Crippen molar-refractivity contribution in [2.75, 3.05) is 13.7 Å². The topological polar surface area (TPSA) is 84.1 Å². The normalized spacial score (nSPS) is 19.1. The van der Waals surface area contributed by atoms with Crippen LogP contribution in [0.1, 0.15) is 36.1 Å². The fraction of sp³-hybridized carbons (Fsp3) is 0.375. The Morgan fingerprint density at radius 2 is 2.03 bits per heavy atom. The summed E-state index contributed by atoms with van der Waals surface area (Å²) in [5.41, 5.74) is 3.07. The van der Waals surface area contributed by atoms with Crippen molar-refractivity contribution in [1.29, 1.82) is 0 Å². The van der Waals surface area contributed by atoms with Crippen molar-refractivity contribution in [3.8, 4) is 0 Å². The molecular weight excluding hydrogens is 378 g/mol. The van der Waals surface area contributed by atoms with E-state index in [1.807, 2.05) is 24.3 Å². The number of rotatable bonds is 6. The minimum absolute atomic E-state index is 0.0586. The first-order chi connectivity index (χ1) is 14.6. The number of aryl methyl sites for hydroxylation is 1. The van der Waals surface area contributed by atoms with Gasteiger partial charge in [-0.15, -0.1) is 0 Å². The molecule has 1 aromatic heterocycles. The van der Waals surface area contributed by atoms with Gasteiger partial charge in [0.05, 0.1) is 25.1 Å². The zero-order valence-corrected chi connectivity index (χ0v) is 17.4. The molecule has 2 aromatic carbocycles. The highest BCUT2D eigenvalue weighted by molar-refractivity contribution is 5.87. The van der Waals surface area contributed by atoms with Crippen molar-refractivity contribution in [3.05, 3.63) is 65.5 Å². The highest BCUT2D eigenvalue weighted by Crippen LogP contribution is 2.35. The Hall–Kier alpha value is -3.15. The maximum absolute atomic E-state index is 13.0. The Kier molecular flexibility index (Phi) is 5.84. The highest BCUT2D eigenvalue weighted by Gasteiger charge is 2.34. The fourth-order valence-electron chi connectivity index (χ4n) is 4.51. The van der Waals surface area contributed by atoms with Gasteiger partial charge in [-0.3, -0.25) is 14.7 Å². The van der Waals surface area contributed by atoms with E-state index in [1.165, 1.54) is 7.11 Å². The SMILES string of the molecule is COC(=O)C(CNC(=O)C1c2cn[nH]c2CCC1C)Cc1cccc2ccccc12. The molecule has 30 heavy (non-hydrogen) atoms. The van der Waals surface area contributed by atoms with E-state index >= 15 is 0 Å². The lowest BCUT2D eigenvalue weighted by Crippen LogP contribution is -2.40. The quantitative estimate of drug-likeness (QED) is 0.616. The highest BCUT2D eigenvalue weighted by atomic mass is 16.5. The van der Waals surface area contributed by atoms with Gasteiger partial charge in [-0.1, -0.05) is 49.4 Å². The molecule has 2 N–H and O–H groups in total. The molecule has 3 atom stereocenters. The van der Waals surface area contributed by atoms with Gasteiger partial charge in [0.15, 0.2) is 0 Å². The molecule has 1 heterocycles. The van der Waals surface area contributed by atoms with Crippen molar-refractivity contribution in [2.24, 2.45) is 11.8 Å². The van der Waals surface area contributed by atoms with Crippen molar-refractivity contribution in [2.45, 2.75) is 32.1 Å². The van der Waals surface area contributed by atoms with Gasteiger partial charge < -0.3 is 10.1 Å². The number of esters is 1. The van der Waals surface area contributed by atoms with Gasteiger partial charge in [-0.05, 0) is 41.5 Å². The number of aromatic amines is 1. The van der Waals surface area contributed by atoms with Gasteiger partial charge in [0.2, 0.25) is 5.91 Å². The van der Waals surface area contributed by atoms with Gasteiger partial charge >= 0.3 is 5.97 Å². The van der Waals surface area contributed by atoms with Gasteiger partial charge in [0, 0.05) is 17.8 Å². The lowest BCUT2D eigenvalue weighted by atomic mass is 9.78. The second-order valence-electron chi connectivity index (χ2n) is 8.11. The monoisotopic (exact) mass is 405 g/mol. The van der Waals surface area contributed by atoms with Crippen LogP contribution in [0, 0.1) is 11.8 Å². The first kappa shape index (κ1) is 20.1. The van der Waals surface area contributed by atoms with Crippen LogP contribution in [-0.2, 0) is 27.2 Å². The lowest BCUT2D eigenvalue weighted by Gasteiger charge is -2.28. The van der Waals surface area contributed by atoms with E-state index in [1.54, 1.807) is 6.20 Å². The standard InChI is InChI=1S/C24H27N3O3/c1-15-10-11-21-20(14-26-27-21)22(15)23(28)25-13-18(24(29)30-2)12-17-8-5-7-16-6-3-4-9-19(16)17/h3-9,14-15,18,22H,10-13H2,1-2H3,(H,25,28)(H,26,27). The molecule has 0 saturated heterocycles. The number of nitrogens with one attached hydrogen (secondary N) is 2. The van der Waals surface area contributed by atoms with Crippen molar-refractivity contribution < 1.29 is 14.3 Å². The summed E-state index contributed by atoms with van der Waals surface area (Å²) in [4.78, 5) is 25.5. The molecule has 0 bridgehead atoms. The van der Waals surface area contributed by atoms with Crippen LogP contribution < -0.4 is 5.32 Å². The van der Waals surface area contributed by atoms with Crippen molar-refractivity contribution in [3.63, 3.8) is 0 Å². The second-order valence-corrected chi connectivity index (χ2v) is 8.11. The number of hydrogen-bond donors (Lipinski definition) is 2. The average molecular weight is 405 g/mol. The average Bonchev–Trinajstić information content (AvgIpc) is 3.24.